The molecule has 82 valence electrons. The second-order valence-corrected chi connectivity index (χ2v) is 4.14. The number of rotatable bonds is 1. The van der Waals surface area contributed by atoms with Crippen LogP contribution in [0, 0.1) is 0 Å². The van der Waals surface area contributed by atoms with Crippen LogP contribution in [0.15, 0.2) is 30.9 Å². The van der Waals surface area contributed by atoms with Crippen molar-refractivity contribution in [3.63, 3.8) is 0 Å². The van der Waals surface area contributed by atoms with Gasteiger partial charge in [-0.2, -0.15) is 0 Å². The van der Waals surface area contributed by atoms with Gasteiger partial charge in [0.25, 0.3) is 0 Å². The van der Waals surface area contributed by atoms with E-state index in [1.54, 1.807) is 6.20 Å². The molecule has 0 radical (unpaired) electrons. The standard InChI is InChI=1S/C12H13N3O/c16-9-1-3-14-11(7-9)10-2-5-15-6-4-13-8-12(10)15/h2,4-6,8,11,14H,1,3,7H2. The predicted octanol–water partition coefficient (Wildman–Crippen LogP) is 1.33. The first-order valence-electron chi connectivity index (χ1n) is 5.50. The Hall–Kier alpha value is -1.68. The fraction of sp³-hybridized carbons (Fsp3) is 0.333. The summed E-state index contributed by atoms with van der Waals surface area (Å²) in [5, 5.41) is 3.38. The Morgan fingerprint density at radius 2 is 2.38 bits per heavy atom. The molecule has 0 aliphatic carbocycles. The minimum atomic E-state index is 0.149. The van der Waals surface area contributed by atoms with Crippen LogP contribution in [0.3, 0.4) is 0 Å². The molecule has 0 saturated carbocycles. The first kappa shape index (κ1) is 9.54. The lowest BCUT2D eigenvalue weighted by atomic mass is 9.98. The number of aromatic nitrogens is 2. The van der Waals surface area contributed by atoms with Crippen LogP contribution in [0.25, 0.3) is 5.52 Å². The predicted molar refractivity (Wildman–Crippen MR) is 60.2 cm³/mol. The molecule has 1 atom stereocenters. The van der Waals surface area contributed by atoms with Gasteiger partial charge in [-0.3, -0.25) is 9.78 Å². The van der Waals surface area contributed by atoms with E-state index < -0.39 is 0 Å². The zero-order chi connectivity index (χ0) is 11.0. The van der Waals surface area contributed by atoms with Gasteiger partial charge in [-0.25, -0.2) is 0 Å². The maximum Gasteiger partial charge on any atom is 0.136 e. The third-order valence-electron chi connectivity index (χ3n) is 3.10. The van der Waals surface area contributed by atoms with Gasteiger partial charge in [-0.15, -0.1) is 0 Å². The van der Waals surface area contributed by atoms with Gasteiger partial charge in [-0.05, 0) is 11.6 Å². The number of piperidine rings is 1. The zero-order valence-electron chi connectivity index (χ0n) is 8.89. The molecule has 3 heterocycles. The topological polar surface area (TPSA) is 46.4 Å². The highest BCUT2D eigenvalue weighted by atomic mass is 16.1. The van der Waals surface area contributed by atoms with E-state index in [2.05, 4.69) is 16.4 Å². The highest BCUT2D eigenvalue weighted by Crippen LogP contribution is 2.25. The molecule has 1 saturated heterocycles. The lowest BCUT2D eigenvalue weighted by Crippen LogP contribution is -2.31. The van der Waals surface area contributed by atoms with Gasteiger partial charge in [0.2, 0.25) is 0 Å². The van der Waals surface area contributed by atoms with E-state index in [4.69, 9.17) is 0 Å². The summed E-state index contributed by atoms with van der Waals surface area (Å²) in [5.74, 6) is 0.340. The van der Waals surface area contributed by atoms with Gasteiger partial charge in [0, 0.05) is 44.0 Å². The van der Waals surface area contributed by atoms with Crippen LogP contribution in [-0.2, 0) is 4.79 Å². The Balaban J connectivity index is 2.02. The molecule has 1 aliphatic heterocycles. The molecular weight excluding hydrogens is 202 g/mol. The summed E-state index contributed by atoms with van der Waals surface area (Å²) < 4.78 is 2.03. The molecule has 1 unspecified atom stereocenters. The largest absolute Gasteiger partial charge is 0.321 e. The minimum Gasteiger partial charge on any atom is -0.321 e. The molecule has 0 bridgehead atoms. The van der Waals surface area contributed by atoms with Gasteiger partial charge in [0.15, 0.2) is 0 Å². The molecule has 0 spiro atoms. The summed E-state index contributed by atoms with van der Waals surface area (Å²) in [6, 6.07) is 2.21. The van der Waals surface area contributed by atoms with E-state index in [0.29, 0.717) is 18.6 Å². The summed E-state index contributed by atoms with van der Waals surface area (Å²) in [7, 11) is 0. The Kier molecular flexibility index (Phi) is 2.22. The fourth-order valence-corrected chi connectivity index (χ4v) is 2.27. The Bertz CT molecular complexity index is 532. The lowest BCUT2D eigenvalue weighted by molar-refractivity contribution is -0.120. The molecule has 3 rings (SSSR count). The first-order chi connectivity index (χ1) is 7.84. The summed E-state index contributed by atoms with van der Waals surface area (Å²) >= 11 is 0. The third-order valence-corrected chi connectivity index (χ3v) is 3.10. The molecule has 1 N–H and O–H groups in total. The molecule has 2 aromatic rings. The van der Waals surface area contributed by atoms with Crippen LogP contribution < -0.4 is 5.32 Å². The molecule has 2 aromatic heterocycles. The highest BCUT2D eigenvalue weighted by Gasteiger charge is 2.22. The number of Topliss-reactive ketones (excluding diaryl/α,β-unsaturated/α-hetero) is 1. The van der Waals surface area contributed by atoms with Crippen molar-refractivity contribution in [3.8, 4) is 0 Å². The second kappa shape index (κ2) is 3.72. The van der Waals surface area contributed by atoms with Crippen molar-refractivity contribution in [1.82, 2.24) is 14.7 Å². The van der Waals surface area contributed by atoms with Crippen LogP contribution in [0.5, 0.6) is 0 Å². The maximum atomic E-state index is 11.4. The van der Waals surface area contributed by atoms with Crippen molar-refractivity contribution in [3.05, 3.63) is 36.4 Å². The number of carbonyl (C=O) groups is 1. The summed E-state index contributed by atoms with van der Waals surface area (Å²) in [6.07, 6.45) is 8.78. The number of ketones is 1. The van der Waals surface area contributed by atoms with Crippen molar-refractivity contribution in [2.24, 2.45) is 0 Å². The van der Waals surface area contributed by atoms with Gasteiger partial charge in [-0.1, -0.05) is 0 Å². The quantitative estimate of drug-likeness (QED) is 0.780. The summed E-state index contributed by atoms with van der Waals surface area (Å²) in [4.78, 5) is 15.6. The van der Waals surface area contributed by atoms with Crippen molar-refractivity contribution >= 4 is 11.3 Å². The number of nitrogens with one attached hydrogen (secondary N) is 1. The molecule has 0 aromatic carbocycles. The number of hydrogen-bond acceptors (Lipinski definition) is 3. The van der Waals surface area contributed by atoms with E-state index >= 15 is 0 Å². The summed E-state index contributed by atoms with van der Waals surface area (Å²) in [5.41, 5.74) is 2.25. The maximum absolute atomic E-state index is 11.4. The average Bonchev–Trinajstić information content (AvgIpc) is 2.72. The van der Waals surface area contributed by atoms with Crippen molar-refractivity contribution in [1.29, 1.82) is 0 Å². The van der Waals surface area contributed by atoms with Crippen LogP contribution in [-0.4, -0.2) is 21.7 Å². The minimum absolute atomic E-state index is 0.149. The smallest absolute Gasteiger partial charge is 0.136 e. The first-order valence-corrected chi connectivity index (χ1v) is 5.50. The Labute approximate surface area is 93.3 Å². The molecule has 1 fully saturated rings. The molecule has 16 heavy (non-hydrogen) atoms. The SMILES string of the molecule is O=C1CCNC(c2ccn3ccncc23)C1. The van der Waals surface area contributed by atoms with E-state index in [9.17, 15) is 4.79 Å². The van der Waals surface area contributed by atoms with E-state index in [1.165, 1.54) is 5.56 Å². The van der Waals surface area contributed by atoms with Crippen LogP contribution in [0.2, 0.25) is 0 Å². The van der Waals surface area contributed by atoms with E-state index in [0.717, 1.165) is 12.1 Å². The number of fused-ring (bicyclic) bond motifs is 1. The van der Waals surface area contributed by atoms with Crippen molar-refractivity contribution < 1.29 is 4.79 Å². The molecular formula is C12H13N3O. The van der Waals surface area contributed by atoms with E-state index in [1.807, 2.05) is 23.0 Å². The van der Waals surface area contributed by atoms with Gasteiger partial charge >= 0.3 is 0 Å². The highest BCUT2D eigenvalue weighted by molar-refractivity contribution is 5.80. The van der Waals surface area contributed by atoms with Crippen molar-refractivity contribution in [2.75, 3.05) is 6.54 Å². The summed E-state index contributed by atoms with van der Waals surface area (Å²) in [6.45, 7) is 0.779. The molecule has 1 aliphatic rings. The molecule has 4 nitrogen and oxygen atoms in total. The van der Waals surface area contributed by atoms with Gasteiger partial charge in [0.05, 0.1) is 11.7 Å². The van der Waals surface area contributed by atoms with Gasteiger partial charge < -0.3 is 9.72 Å². The van der Waals surface area contributed by atoms with Crippen LogP contribution in [0.4, 0.5) is 0 Å². The number of carbonyl (C=O) groups excluding carboxylic acids is 1. The lowest BCUT2D eigenvalue weighted by Gasteiger charge is -2.22. The third kappa shape index (κ3) is 1.51. The zero-order valence-corrected chi connectivity index (χ0v) is 8.89. The van der Waals surface area contributed by atoms with Gasteiger partial charge in [0.1, 0.15) is 5.78 Å². The van der Waals surface area contributed by atoms with Crippen LogP contribution in [0.1, 0.15) is 24.4 Å². The Morgan fingerprint density at radius 1 is 1.44 bits per heavy atom. The number of nitrogens with zero attached hydrogens (tertiary/aromatic N) is 2. The van der Waals surface area contributed by atoms with E-state index in [-0.39, 0.29) is 6.04 Å². The normalized spacial score (nSPS) is 21.5. The van der Waals surface area contributed by atoms with Crippen molar-refractivity contribution in [2.45, 2.75) is 18.9 Å². The molecule has 4 heteroatoms. The number of hydrogen-bond donors (Lipinski definition) is 1. The van der Waals surface area contributed by atoms with Crippen LogP contribution >= 0.6 is 0 Å². The fourth-order valence-electron chi connectivity index (χ4n) is 2.27. The second-order valence-electron chi connectivity index (χ2n) is 4.14. The monoisotopic (exact) mass is 215 g/mol. The Morgan fingerprint density at radius 3 is 3.25 bits per heavy atom. The molecule has 0 amide bonds. The average molecular weight is 215 g/mol.